The molecule has 216 valence electrons. The predicted molar refractivity (Wildman–Crippen MR) is 192 cm³/mol. The zero-order valence-electron chi connectivity index (χ0n) is 25.3. The SMILES string of the molecule is C(#CC1(c2ccccc2-c2ccccc2)c2ccccc2-c2cc(N(c3ccccc3)c3ccccc3)ccc21)c1ccccc1. The summed E-state index contributed by atoms with van der Waals surface area (Å²) in [6.45, 7) is 0. The van der Waals surface area contributed by atoms with Crippen LogP contribution in [0.5, 0.6) is 0 Å². The molecule has 0 N–H and O–H groups in total. The van der Waals surface area contributed by atoms with Gasteiger partial charge in [-0.3, -0.25) is 0 Å². The largest absolute Gasteiger partial charge is 0.310 e. The molecule has 0 saturated heterocycles. The number of benzene rings is 7. The van der Waals surface area contributed by atoms with Gasteiger partial charge in [0.1, 0.15) is 5.41 Å². The number of hydrogen-bond acceptors (Lipinski definition) is 1. The van der Waals surface area contributed by atoms with Crippen molar-refractivity contribution in [2.24, 2.45) is 0 Å². The molecule has 0 spiro atoms. The highest BCUT2D eigenvalue weighted by atomic mass is 15.1. The molecular weight excluding hydrogens is 555 g/mol. The summed E-state index contributed by atoms with van der Waals surface area (Å²) < 4.78 is 0. The van der Waals surface area contributed by atoms with Gasteiger partial charge in [0.25, 0.3) is 0 Å². The number of anilines is 3. The van der Waals surface area contributed by atoms with Crippen molar-refractivity contribution in [2.45, 2.75) is 5.41 Å². The van der Waals surface area contributed by atoms with E-state index in [9.17, 15) is 0 Å². The van der Waals surface area contributed by atoms with Crippen LogP contribution in [0.2, 0.25) is 0 Å². The van der Waals surface area contributed by atoms with Gasteiger partial charge in [0.2, 0.25) is 0 Å². The Morgan fingerprint density at radius 2 is 0.848 bits per heavy atom. The molecule has 1 heteroatoms. The van der Waals surface area contributed by atoms with Crippen LogP contribution in [-0.4, -0.2) is 0 Å². The summed E-state index contributed by atoms with van der Waals surface area (Å²) in [5.41, 5.74) is 12.0. The highest BCUT2D eigenvalue weighted by molar-refractivity contribution is 5.91. The van der Waals surface area contributed by atoms with Crippen LogP contribution in [-0.2, 0) is 5.41 Å². The van der Waals surface area contributed by atoms with E-state index in [2.05, 4.69) is 199 Å². The fourth-order valence-electron chi connectivity index (χ4n) is 6.87. The Kier molecular flexibility index (Phi) is 7.02. The number of fused-ring (bicyclic) bond motifs is 3. The molecule has 7 aromatic rings. The molecule has 1 aliphatic carbocycles. The van der Waals surface area contributed by atoms with Crippen molar-refractivity contribution >= 4 is 17.1 Å². The smallest absolute Gasteiger partial charge is 0.108 e. The molecule has 8 rings (SSSR count). The van der Waals surface area contributed by atoms with Crippen LogP contribution < -0.4 is 4.90 Å². The van der Waals surface area contributed by atoms with Gasteiger partial charge in [0.15, 0.2) is 0 Å². The Bertz CT molecular complexity index is 2150. The van der Waals surface area contributed by atoms with E-state index in [1.807, 2.05) is 6.07 Å². The molecular formula is C45H31N. The van der Waals surface area contributed by atoms with Gasteiger partial charge in [-0.25, -0.2) is 0 Å². The third-order valence-electron chi connectivity index (χ3n) is 8.90. The highest BCUT2D eigenvalue weighted by Crippen LogP contribution is 2.55. The van der Waals surface area contributed by atoms with Crippen molar-refractivity contribution in [2.75, 3.05) is 4.90 Å². The Morgan fingerprint density at radius 3 is 1.48 bits per heavy atom. The first kappa shape index (κ1) is 27.4. The Hall–Kier alpha value is -6.10. The highest BCUT2D eigenvalue weighted by Gasteiger charge is 2.45. The molecule has 0 saturated carbocycles. The Morgan fingerprint density at radius 1 is 0.370 bits per heavy atom. The number of hydrogen-bond donors (Lipinski definition) is 0. The lowest BCUT2D eigenvalue weighted by molar-refractivity contribution is 0.839. The first-order valence-corrected chi connectivity index (χ1v) is 15.7. The summed E-state index contributed by atoms with van der Waals surface area (Å²) >= 11 is 0. The first-order valence-electron chi connectivity index (χ1n) is 15.7. The van der Waals surface area contributed by atoms with E-state index in [4.69, 9.17) is 0 Å². The van der Waals surface area contributed by atoms with E-state index in [1.54, 1.807) is 0 Å². The van der Waals surface area contributed by atoms with Gasteiger partial charge in [-0.1, -0.05) is 151 Å². The van der Waals surface area contributed by atoms with E-state index in [-0.39, 0.29) is 0 Å². The van der Waals surface area contributed by atoms with Gasteiger partial charge in [-0.2, -0.15) is 0 Å². The fraction of sp³-hybridized carbons (Fsp3) is 0.0222. The molecule has 0 radical (unpaired) electrons. The van der Waals surface area contributed by atoms with E-state index >= 15 is 0 Å². The number of nitrogens with zero attached hydrogens (tertiary/aromatic N) is 1. The normalized spacial score (nSPS) is 14.4. The molecule has 0 amide bonds. The van der Waals surface area contributed by atoms with E-state index < -0.39 is 5.41 Å². The van der Waals surface area contributed by atoms with Crippen LogP contribution in [0.15, 0.2) is 188 Å². The third kappa shape index (κ3) is 4.69. The van der Waals surface area contributed by atoms with Crippen LogP contribution in [0, 0.1) is 11.8 Å². The lowest BCUT2D eigenvalue weighted by Crippen LogP contribution is -2.26. The van der Waals surface area contributed by atoms with Crippen molar-refractivity contribution in [3.05, 3.63) is 210 Å². The quantitative estimate of drug-likeness (QED) is 0.182. The maximum absolute atomic E-state index is 3.90. The average molecular weight is 586 g/mol. The van der Waals surface area contributed by atoms with Crippen molar-refractivity contribution in [1.82, 2.24) is 0 Å². The topological polar surface area (TPSA) is 3.24 Å². The van der Waals surface area contributed by atoms with Gasteiger partial charge in [-0.05, 0) is 87.5 Å². The number of rotatable bonds is 5. The maximum atomic E-state index is 3.90. The average Bonchev–Trinajstić information content (AvgIpc) is 3.42. The molecule has 1 nitrogen and oxygen atoms in total. The summed E-state index contributed by atoms with van der Waals surface area (Å²) in [4.78, 5) is 2.33. The van der Waals surface area contributed by atoms with Gasteiger partial charge in [0, 0.05) is 22.6 Å². The molecule has 1 unspecified atom stereocenters. The molecule has 0 aromatic heterocycles. The Balaban J connectivity index is 1.42. The predicted octanol–water partition coefficient (Wildman–Crippen LogP) is 11.2. The van der Waals surface area contributed by atoms with Crippen LogP contribution >= 0.6 is 0 Å². The summed E-state index contributed by atoms with van der Waals surface area (Å²) in [6.07, 6.45) is 0. The lowest BCUT2D eigenvalue weighted by Gasteiger charge is -2.30. The monoisotopic (exact) mass is 585 g/mol. The molecule has 0 heterocycles. The summed E-state index contributed by atoms with van der Waals surface area (Å²) in [5.74, 6) is 7.51. The maximum Gasteiger partial charge on any atom is 0.108 e. The van der Waals surface area contributed by atoms with Crippen LogP contribution in [0.1, 0.15) is 22.3 Å². The zero-order chi connectivity index (χ0) is 30.8. The summed E-state index contributed by atoms with van der Waals surface area (Å²) in [5, 5.41) is 0. The van der Waals surface area contributed by atoms with Crippen LogP contribution in [0.4, 0.5) is 17.1 Å². The number of para-hydroxylation sites is 2. The lowest BCUT2D eigenvalue weighted by atomic mass is 9.70. The minimum Gasteiger partial charge on any atom is -0.310 e. The second-order valence-electron chi connectivity index (χ2n) is 11.6. The van der Waals surface area contributed by atoms with Gasteiger partial charge in [-0.15, -0.1) is 0 Å². The van der Waals surface area contributed by atoms with E-state index in [0.717, 1.165) is 22.6 Å². The summed E-state index contributed by atoms with van der Waals surface area (Å²) in [6, 6.07) is 66.7. The fourth-order valence-corrected chi connectivity index (χ4v) is 6.87. The third-order valence-corrected chi connectivity index (χ3v) is 8.90. The van der Waals surface area contributed by atoms with E-state index in [1.165, 1.54) is 38.9 Å². The van der Waals surface area contributed by atoms with Gasteiger partial charge in [0.05, 0.1) is 0 Å². The standard InChI is InChI=1S/C45H31N/c1-5-17-34(18-6-1)31-32-45(42-27-15-13-25-39(42)35-19-7-2-8-20-35)43-28-16-14-26-40(43)41-33-38(29-30-44(41)45)46(36-21-9-3-10-22-36)37-23-11-4-12-24-37/h1-30,33H. The first-order chi connectivity index (χ1) is 22.8. The minimum atomic E-state index is -0.683. The molecule has 1 aliphatic rings. The van der Waals surface area contributed by atoms with Gasteiger partial charge < -0.3 is 4.90 Å². The van der Waals surface area contributed by atoms with Crippen molar-refractivity contribution in [1.29, 1.82) is 0 Å². The molecule has 1 atom stereocenters. The van der Waals surface area contributed by atoms with Crippen molar-refractivity contribution in [3.63, 3.8) is 0 Å². The Labute approximate surface area is 271 Å². The van der Waals surface area contributed by atoms with Crippen molar-refractivity contribution in [3.8, 4) is 34.1 Å². The van der Waals surface area contributed by atoms with Crippen LogP contribution in [0.25, 0.3) is 22.3 Å². The van der Waals surface area contributed by atoms with Crippen LogP contribution in [0.3, 0.4) is 0 Å². The summed E-state index contributed by atoms with van der Waals surface area (Å²) in [7, 11) is 0. The minimum absolute atomic E-state index is 0.683. The molecule has 0 bridgehead atoms. The van der Waals surface area contributed by atoms with Crippen molar-refractivity contribution < 1.29 is 0 Å². The molecule has 0 fully saturated rings. The zero-order valence-corrected chi connectivity index (χ0v) is 25.3. The molecule has 7 aromatic carbocycles. The molecule has 46 heavy (non-hydrogen) atoms. The second-order valence-corrected chi connectivity index (χ2v) is 11.6. The van der Waals surface area contributed by atoms with E-state index in [0.29, 0.717) is 0 Å². The molecule has 0 aliphatic heterocycles. The van der Waals surface area contributed by atoms with Gasteiger partial charge >= 0.3 is 0 Å². The second kappa shape index (κ2) is 11.8.